The van der Waals surface area contributed by atoms with Gasteiger partial charge in [-0.05, 0) is 36.0 Å². The molecule has 4 rings (SSSR count). The molecule has 0 spiro atoms. The van der Waals surface area contributed by atoms with Gasteiger partial charge in [0, 0.05) is 31.7 Å². The van der Waals surface area contributed by atoms with E-state index in [0.717, 1.165) is 38.9 Å². The Morgan fingerprint density at radius 3 is 1.82 bits per heavy atom. The van der Waals surface area contributed by atoms with Crippen molar-refractivity contribution in [2.24, 2.45) is 0 Å². The number of hydrogen-bond donors (Lipinski definition) is 0. The second kappa shape index (κ2) is 9.68. The Hall–Kier alpha value is -2.42. The van der Waals surface area contributed by atoms with E-state index in [-0.39, 0.29) is 0 Å². The third-order valence-electron chi connectivity index (χ3n) is 5.68. The van der Waals surface area contributed by atoms with Gasteiger partial charge in [-0.3, -0.25) is 4.90 Å². The summed E-state index contributed by atoms with van der Waals surface area (Å²) in [5, 5.41) is 5.15. The van der Waals surface area contributed by atoms with Crippen molar-refractivity contribution in [2.45, 2.75) is 37.9 Å². The van der Waals surface area contributed by atoms with E-state index in [1.807, 2.05) is 0 Å². The molecular formula is C26H29N2. The summed E-state index contributed by atoms with van der Waals surface area (Å²) in [7, 11) is 0. The van der Waals surface area contributed by atoms with Gasteiger partial charge in [0.2, 0.25) is 0 Å². The van der Waals surface area contributed by atoms with E-state index in [2.05, 4.69) is 95.9 Å². The quantitative estimate of drug-likeness (QED) is 0.615. The average Bonchev–Trinajstić information content (AvgIpc) is 2.93. The van der Waals surface area contributed by atoms with Crippen molar-refractivity contribution < 1.29 is 0 Å². The van der Waals surface area contributed by atoms with Crippen LogP contribution in [0.2, 0.25) is 0 Å². The van der Waals surface area contributed by atoms with Crippen LogP contribution in [-0.2, 0) is 19.4 Å². The van der Waals surface area contributed by atoms with Crippen LogP contribution in [0.4, 0.5) is 0 Å². The Bertz CT molecular complexity index is 765. The Kier molecular flexibility index (Phi) is 6.54. The minimum absolute atomic E-state index is 0.328. The molecule has 2 heteroatoms. The lowest BCUT2D eigenvalue weighted by molar-refractivity contribution is 0.166. The molecule has 143 valence electrons. The second-order valence-corrected chi connectivity index (χ2v) is 7.73. The highest BCUT2D eigenvalue weighted by atomic mass is 15.2. The predicted octanol–water partition coefficient (Wildman–Crippen LogP) is 4.72. The summed E-state index contributed by atoms with van der Waals surface area (Å²) in [6.45, 7) is 3.08. The van der Waals surface area contributed by atoms with Gasteiger partial charge < -0.3 is 0 Å². The fourth-order valence-electron chi connectivity index (χ4n) is 4.25. The molecule has 0 bridgehead atoms. The van der Waals surface area contributed by atoms with Crippen LogP contribution in [0.3, 0.4) is 0 Å². The van der Waals surface area contributed by atoms with Crippen molar-refractivity contribution in [3.05, 3.63) is 108 Å². The van der Waals surface area contributed by atoms with Gasteiger partial charge in [0.1, 0.15) is 0 Å². The van der Waals surface area contributed by atoms with Crippen LogP contribution in [-0.4, -0.2) is 30.1 Å². The van der Waals surface area contributed by atoms with Crippen LogP contribution < -0.4 is 5.32 Å². The first-order chi connectivity index (χ1) is 13.9. The lowest BCUT2D eigenvalue weighted by Crippen LogP contribution is -2.47. The highest BCUT2D eigenvalue weighted by Crippen LogP contribution is 2.22. The lowest BCUT2D eigenvalue weighted by Gasteiger charge is -2.35. The molecule has 2 nitrogen and oxygen atoms in total. The maximum Gasteiger partial charge on any atom is 0.0445 e. The third-order valence-corrected chi connectivity index (χ3v) is 5.68. The molecule has 1 aliphatic rings. The Balaban J connectivity index is 1.60. The van der Waals surface area contributed by atoms with Crippen LogP contribution in [0.1, 0.15) is 23.1 Å². The van der Waals surface area contributed by atoms with Crippen LogP contribution in [0.15, 0.2) is 91.0 Å². The molecule has 1 heterocycles. The minimum Gasteiger partial charge on any atom is -0.294 e. The van der Waals surface area contributed by atoms with Crippen molar-refractivity contribution in [3.8, 4) is 0 Å². The molecule has 28 heavy (non-hydrogen) atoms. The maximum atomic E-state index is 5.15. The molecular weight excluding hydrogens is 340 g/mol. The van der Waals surface area contributed by atoms with Crippen molar-refractivity contribution in [3.63, 3.8) is 0 Å². The van der Waals surface area contributed by atoms with Gasteiger partial charge in [-0.15, -0.1) is 0 Å². The van der Waals surface area contributed by atoms with Crippen molar-refractivity contribution in [1.29, 1.82) is 0 Å². The smallest absolute Gasteiger partial charge is 0.0445 e. The van der Waals surface area contributed by atoms with Gasteiger partial charge in [-0.1, -0.05) is 91.0 Å². The first kappa shape index (κ1) is 18.9. The lowest BCUT2D eigenvalue weighted by atomic mass is 9.93. The molecule has 0 saturated carbocycles. The van der Waals surface area contributed by atoms with Crippen LogP contribution in [0.25, 0.3) is 0 Å². The van der Waals surface area contributed by atoms with Crippen LogP contribution >= 0.6 is 0 Å². The molecule has 1 saturated heterocycles. The highest BCUT2D eigenvalue weighted by molar-refractivity contribution is 5.21. The molecule has 0 aliphatic carbocycles. The van der Waals surface area contributed by atoms with E-state index in [9.17, 15) is 0 Å². The van der Waals surface area contributed by atoms with E-state index < -0.39 is 0 Å². The SMILES string of the molecule is c1ccc(CC2[N]CCCN(Cc3ccccc3)C2Cc2ccccc2)cc1. The van der Waals surface area contributed by atoms with Crippen molar-refractivity contribution in [1.82, 2.24) is 10.2 Å². The molecule has 1 radical (unpaired) electrons. The van der Waals surface area contributed by atoms with E-state index in [1.165, 1.54) is 16.7 Å². The summed E-state index contributed by atoms with van der Waals surface area (Å²) < 4.78 is 0. The van der Waals surface area contributed by atoms with Crippen molar-refractivity contribution >= 4 is 0 Å². The number of rotatable bonds is 6. The molecule has 0 aromatic heterocycles. The largest absolute Gasteiger partial charge is 0.294 e. The standard InChI is InChI=1S/C26H29N2/c1-4-11-22(12-5-1)19-25-26(20-23-13-6-2-7-14-23)28(18-10-17-27-25)21-24-15-8-3-9-16-24/h1-9,11-16,25-26H,10,17-21H2. The van der Waals surface area contributed by atoms with Gasteiger partial charge in [0.15, 0.2) is 0 Å². The van der Waals surface area contributed by atoms with Crippen LogP contribution in [0, 0.1) is 0 Å². The molecule has 0 amide bonds. The van der Waals surface area contributed by atoms with E-state index >= 15 is 0 Å². The Morgan fingerprint density at radius 2 is 1.21 bits per heavy atom. The number of nitrogens with zero attached hydrogens (tertiary/aromatic N) is 2. The first-order valence-electron chi connectivity index (χ1n) is 10.4. The third kappa shape index (κ3) is 5.09. The number of benzene rings is 3. The fourth-order valence-corrected chi connectivity index (χ4v) is 4.25. The molecule has 1 aliphatic heterocycles. The average molecular weight is 370 g/mol. The summed E-state index contributed by atoms with van der Waals surface area (Å²) in [6.07, 6.45) is 3.21. The summed E-state index contributed by atoms with van der Waals surface area (Å²) in [4.78, 5) is 2.67. The summed E-state index contributed by atoms with van der Waals surface area (Å²) >= 11 is 0. The van der Waals surface area contributed by atoms with E-state index in [4.69, 9.17) is 5.32 Å². The van der Waals surface area contributed by atoms with Gasteiger partial charge >= 0.3 is 0 Å². The molecule has 1 fully saturated rings. The fraction of sp³-hybridized carbons (Fsp3) is 0.308. The second-order valence-electron chi connectivity index (χ2n) is 7.73. The van der Waals surface area contributed by atoms with E-state index in [1.54, 1.807) is 0 Å². The van der Waals surface area contributed by atoms with Gasteiger partial charge in [0.05, 0.1) is 0 Å². The summed E-state index contributed by atoms with van der Waals surface area (Å²) in [6, 6.07) is 33.4. The monoisotopic (exact) mass is 369 g/mol. The zero-order valence-electron chi connectivity index (χ0n) is 16.5. The summed E-state index contributed by atoms with van der Waals surface area (Å²) in [5.74, 6) is 0. The first-order valence-corrected chi connectivity index (χ1v) is 10.4. The Morgan fingerprint density at radius 1 is 0.679 bits per heavy atom. The van der Waals surface area contributed by atoms with E-state index in [0.29, 0.717) is 12.1 Å². The van der Waals surface area contributed by atoms with Crippen molar-refractivity contribution in [2.75, 3.05) is 13.1 Å². The molecule has 0 N–H and O–H groups in total. The molecule has 2 atom stereocenters. The minimum atomic E-state index is 0.328. The zero-order valence-corrected chi connectivity index (χ0v) is 16.5. The summed E-state index contributed by atoms with van der Waals surface area (Å²) in [5.41, 5.74) is 4.18. The van der Waals surface area contributed by atoms with Gasteiger partial charge in [-0.25, -0.2) is 5.32 Å². The van der Waals surface area contributed by atoms with Gasteiger partial charge in [-0.2, -0.15) is 0 Å². The van der Waals surface area contributed by atoms with Crippen LogP contribution in [0.5, 0.6) is 0 Å². The highest BCUT2D eigenvalue weighted by Gasteiger charge is 2.30. The molecule has 2 unspecified atom stereocenters. The zero-order chi connectivity index (χ0) is 19.0. The molecule has 3 aromatic rings. The van der Waals surface area contributed by atoms with Gasteiger partial charge in [0.25, 0.3) is 0 Å². The Labute approximate surface area is 169 Å². The molecule has 3 aromatic carbocycles. The maximum absolute atomic E-state index is 5.15. The predicted molar refractivity (Wildman–Crippen MR) is 116 cm³/mol. The normalized spacial score (nSPS) is 20.6. The topological polar surface area (TPSA) is 17.3 Å². The number of hydrogen-bond acceptors (Lipinski definition) is 1.